The first-order chi connectivity index (χ1) is 14.6. The van der Waals surface area contributed by atoms with Crippen molar-refractivity contribution in [2.24, 2.45) is 4.40 Å². The number of esters is 1. The number of hydrogen-bond acceptors (Lipinski definition) is 6. The van der Waals surface area contributed by atoms with E-state index in [2.05, 4.69) is 15.0 Å². The van der Waals surface area contributed by atoms with Crippen LogP contribution in [0.25, 0.3) is 0 Å². The molecule has 0 atom stereocenters. The van der Waals surface area contributed by atoms with Crippen molar-refractivity contribution in [2.45, 2.75) is 18.7 Å². The molecule has 31 heavy (non-hydrogen) atoms. The van der Waals surface area contributed by atoms with Crippen LogP contribution < -0.4 is 10.6 Å². The molecular weight excluding hydrogens is 446 g/mol. The number of fused-ring (bicyclic) bond motifs is 1. The molecule has 0 amide bonds. The summed E-state index contributed by atoms with van der Waals surface area (Å²) < 4.78 is 35.0. The van der Waals surface area contributed by atoms with Crippen LogP contribution in [-0.4, -0.2) is 37.9 Å². The molecule has 0 aromatic heterocycles. The van der Waals surface area contributed by atoms with Gasteiger partial charge in [-0.3, -0.25) is 0 Å². The molecule has 11 heteroatoms. The van der Waals surface area contributed by atoms with E-state index in [0.717, 1.165) is 12.1 Å². The molecule has 3 rings (SSSR count). The van der Waals surface area contributed by atoms with Crippen LogP contribution in [0.2, 0.25) is 5.02 Å². The SMILES string of the molecule is CCOC(=O)C1=C(C)Nc2ccccc2NC1=NS(=O)(=O)c1cc(C(=O)O)ccc1Cl. The monoisotopic (exact) mass is 463 g/mol. The second-order valence-electron chi connectivity index (χ2n) is 6.38. The molecule has 2 aromatic rings. The van der Waals surface area contributed by atoms with Crippen molar-refractivity contribution in [3.8, 4) is 0 Å². The van der Waals surface area contributed by atoms with E-state index >= 15 is 0 Å². The third-order valence-corrected chi connectivity index (χ3v) is 6.02. The summed E-state index contributed by atoms with van der Waals surface area (Å²) in [6.07, 6.45) is 0. The van der Waals surface area contributed by atoms with E-state index in [-0.39, 0.29) is 28.6 Å². The summed E-state index contributed by atoms with van der Waals surface area (Å²) in [7, 11) is -4.51. The zero-order valence-corrected chi connectivity index (χ0v) is 18.0. The number of benzene rings is 2. The van der Waals surface area contributed by atoms with Crippen LogP contribution >= 0.6 is 11.6 Å². The smallest absolute Gasteiger partial charge is 0.343 e. The predicted octanol–water partition coefficient (Wildman–Crippen LogP) is 3.50. The molecule has 3 N–H and O–H groups in total. The van der Waals surface area contributed by atoms with Crippen molar-refractivity contribution < 1.29 is 27.9 Å². The van der Waals surface area contributed by atoms with Crippen LogP contribution in [0, 0.1) is 0 Å². The summed E-state index contributed by atoms with van der Waals surface area (Å²) in [5, 5.41) is 14.9. The molecule has 0 bridgehead atoms. The topological polar surface area (TPSA) is 134 Å². The van der Waals surface area contributed by atoms with Crippen LogP contribution in [0.1, 0.15) is 24.2 Å². The first-order valence-electron chi connectivity index (χ1n) is 9.03. The number of hydrogen-bond donors (Lipinski definition) is 3. The number of ether oxygens (including phenoxy) is 1. The number of aromatic carboxylic acids is 1. The largest absolute Gasteiger partial charge is 0.478 e. The predicted molar refractivity (Wildman–Crippen MR) is 116 cm³/mol. The fourth-order valence-electron chi connectivity index (χ4n) is 2.86. The molecule has 2 aromatic carbocycles. The fourth-order valence-corrected chi connectivity index (χ4v) is 4.33. The van der Waals surface area contributed by atoms with Crippen LogP contribution in [0.4, 0.5) is 11.4 Å². The van der Waals surface area contributed by atoms with Gasteiger partial charge in [-0.2, -0.15) is 8.42 Å². The molecule has 1 aliphatic rings. The first kappa shape index (κ1) is 22.3. The van der Waals surface area contributed by atoms with E-state index in [0.29, 0.717) is 17.1 Å². The number of nitrogens with zero attached hydrogens (tertiary/aromatic N) is 1. The Morgan fingerprint density at radius 3 is 2.39 bits per heavy atom. The minimum atomic E-state index is -4.51. The van der Waals surface area contributed by atoms with E-state index in [9.17, 15) is 23.1 Å². The number of para-hydroxylation sites is 2. The summed E-state index contributed by atoms with van der Waals surface area (Å²) in [5.41, 5.74) is 0.986. The highest BCUT2D eigenvalue weighted by Crippen LogP contribution is 2.30. The Hall–Kier alpha value is -3.37. The molecule has 0 unspecified atom stereocenters. The number of carboxylic acids is 1. The summed E-state index contributed by atoms with van der Waals surface area (Å²) in [4.78, 5) is 23.4. The van der Waals surface area contributed by atoms with E-state index in [1.165, 1.54) is 6.07 Å². The summed E-state index contributed by atoms with van der Waals surface area (Å²) in [6, 6.07) is 10.1. The Morgan fingerprint density at radius 2 is 1.77 bits per heavy atom. The van der Waals surface area contributed by atoms with Crippen LogP contribution in [-0.2, 0) is 19.6 Å². The number of amidine groups is 1. The third-order valence-electron chi connectivity index (χ3n) is 4.26. The molecule has 0 radical (unpaired) electrons. The van der Waals surface area contributed by atoms with Gasteiger partial charge in [0.15, 0.2) is 5.84 Å². The lowest BCUT2D eigenvalue weighted by atomic mass is 10.2. The van der Waals surface area contributed by atoms with Gasteiger partial charge in [-0.25, -0.2) is 9.59 Å². The molecule has 9 nitrogen and oxygen atoms in total. The Labute approximate surface area is 183 Å². The summed E-state index contributed by atoms with van der Waals surface area (Å²) >= 11 is 6.02. The maximum Gasteiger partial charge on any atom is 0.343 e. The maximum atomic E-state index is 13.1. The standard InChI is InChI=1S/C20H18ClN3O6S/c1-3-30-20(27)17-11(2)22-14-6-4-5-7-15(14)23-18(17)24-31(28,29)16-10-12(19(25)26)8-9-13(16)21/h4-10,22H,3H2,1-2H3,(H,23,24)(H,25,26). The molecule has 0 saturated carbocycles. The lowest BCUT2D eigenvalue weighted by Crippen LogP contribution is -2.25. The molecule has 1 heterocycles. The van der Waals surface area contributed by atoms with Gasteiger partial charge in [0, 0.05) is 5.70 Å². The van der Waals surface area contributed by atoms with Crippen molar-refractivity contribution in [1.82, 2.24) is 0 Å². The van der Waals surface area contributed by atoms with Crippen molar-refractivity contribution in [3.05, 3.63) is 64.3 Å². The van der Waals surface area contributed by atoms with Gasteiger partial charge < -0.3 is 20.5 Å². The Balaban J connectivity index is 2.21. The number of allylic oxidation sites excluding steroid dienone is 1. The number of halogens is 1. The van der Waals surface area contributed by atoms with Crippen molar-refractivity contribution in [3.63, 3.8) is 0 Å². The highest BCUT2D eigenvalue weighted by molar-refractivity contribution is 7.90. The number of sulfonamides is 1. The van der Waals surface area contributed by atoms with E-state index in [4.69, 9.17) is 16.3 Å². The second kappa shape index (κ2) is 8.78. The van der Waals surface area contributed by atoms with Gasteiger partial charge in [0.05, 0.1) is 28.6 Å². The Morgan fingerprint density at radius 1 is 1.13 bits per heavy atom. The number of anilines is 2. The lowest BCUT2D eigenvalue weighted by molar-refractivity contribution is -0.137. The van der Waals surface area contributed by atoms with Crippen LogP contribution in [0.15, 0.2) is 63.0 Å². The third kappa shape index (κ3) is 4.70. The quantitative estimate of drug-likeness (QED) is 0.573. The van der Waals surface area contributed by atoms with Gasteiger partial charge in [0.2, 0.25) is 0 Å². The van der Waals surface area contributed by atoms with Gasteiger partial charge in [-0.15, -0.1) is 4.40 Å². The van der Waals surface area contributed by atoms with Gasteiger partial charge in [0.1, 0.15) is 10.5 Å². The summed E-state index contributed by atoms with van der Waals surface area (Å²) in [5.74, 6) is -2.40. The van der Waals surface area contributed by atoms with Crippen LogP contribution in [0.5, 0.6) is 0 Å². The molecule has 162 valence electrons. The van der Waals surface area contributed by atoms with Gasteiger partial charge >= 0.3 is 11.9 Å². The summed E-state index contributed by atoms with van der Waals surface area (Å²) in [6.45, 7) is 3.26. The highest BCUT2D eigenvalue weighted by atomic mass is 35.5. The maximum absolute atomic E-state index is 13.1. The van der Waals surface area contributed by atoms with Crippen molar-refractivity contribution in [2.75, 3.05) is 17.2 Å². The van der Waals surface area contributed by atoms with Crippen molar-refractivity contribution in [1.29, 1.82) is 0 Å². The number of carboxylic acid groups (broad SMARTS) is 1. The average Bonchev–Trinajstić information content (AvgIpc) is 2.82. The number of nitrogens with one attached hydrogen (secondary N) is 2. The Bertz CT molecular complexity index is 1240. The first-order valence-corrected chi connectivity index (χ1v) is 10.8. The normalized spacial score (nSPS) is 14.9. The van der Waals surface area contributed by atoms with Gasteiger partial charge in [-0.05, 0) is 44.2 Å². The molecule has 0 fully saturated rings. The number of carbonyl (C=O) groups is 2. The average molecular weight is 464 g/mol. The molecule has 0 spiro atoms. The highest BCUT2D eigenvalue weighted by Gasteiger charge is 2.29. The number of carbonyl (C=O) groups excluding carboxylic acids is 1. The van der Waals surface area contributed by atoms with E-state index < -0.39 is 26.9 Å². The van der Waals surface area contributed by atoms with E-state index in [1.807, 2.05) is 0 Å². The number of rotatable bonds is 5. The lowest BCUT2D eigenvalue weighted by Gasteiger charge is -2.12. The molecule has 1 aliphatic heterocycles. The Kier molecular flexibility index (Phi) is 6.32. The zero-order valence-electron chi connectivity index (χ0n) is 16.5. The minimum Gasteiger partial charge on any atom is -0.478 e. The molecule has 0 saturated heterocycles. The van der Waals surface area contributed by atoms with Gasteiger partial charge in [0.25, 0.3) is 10.0 Å². The van der Waals surface area contributed by atoms with Crippen LogP contribution in [0.3, 0.4) is 0 Å². The second-order valence-corrected chi connectivity index (χ2v) is 8.36. The van der Waals surface area contributed by atoms with Crippen molar-refractivity contribution >= 4 is 50.8 Å². The minimum absolute atomic E-state index is 0.0646. The molecular formula is C20H18ClN3O6S. The fraction of sp³-hybridized carbons (Fsp3) is 0.150. The van der Waals surface area contributed by atoms with E-state index in [1.54, 1.807) is 38.1 Å². The molecule has 0 aliphatic carbocycles. The van der Waals surface area contributed by atoms with Gasteiger partial charge in [-0.1, -0.05) is 23.7 Å². The zero-order chi connectivity index (χ0) is 22.8.